The minimum Gasteiger partial charge on any atom is -0.233 e. The van der Waals surface area contributed by atoms with Crippen molar-refractivity contribution in [1.82, 2.24) is 9.78 Å². The van der Waals surface area contributed by atoms with Gasteiger partial charge in [0.05, 0.1) is 17.1 Å². The SMILES string of the molecule is CSc1ccc(-c2cc(C)nn2-c2ccc(F)cc2)cc1. The van der Waals surface area contributed by atoms with Crippen LogP contribution in [0.3, 0.4) is 0 Å². The molecule has 0 aliphatic carbocycles. The number of hydrogen-bond donors (Lipinski definition) is 0. The summed E-state index contributed by atoms with van der Waals surface area (Å²) in [5.41, 5.74) is 3.89. The van der Waals surface area contributed by atoms with Crippen molar-refractivity contribution in [1.29, 1.82) is 0 Å². The molecule has 0 amide bonds. The summed E-state index contributed by atoms with van der Waals surface area (Å²) in [4.78, 5) is 1.23. The summed E-state index contributed by atoms with van der Waals surface area (Å²) in [5.74, 6) is -0.242. The van der Waals surface area contributed by atoms with E-state index in [0.29, 0.717) is 0 Å². The molecule has 0 radical (unpaired) electrons. The van der Waals surface area contributed by atoms with Gasteiger partial charge in [0.2, 0.25) is 0 Å². The first kappa shape index (κ1) is 13.9. The molecule has 0 aliphatic rings. The smallest absolute Gasteiger partial charge is 0.123 e. The van der Waals surface area contributed by atoms with Gasteiger partial charge in [-0.2, -0.15) is 5.10 Å². The Morgan fingerprint density at radius 2 is 1.67 bits per heavy atom. The number of benzene rings is 2. The zero-order valence-electron chi connectivity index (χ0n) is 11.9. The van der Waals surface area contributed by atoms with E-state index in [1.165, 1.54) is 17.0 Å². The van der Waals surface area contributed by atoms with Gasteiger partial charge < -0.3 is 0 Å². The van der Waals surface area contributed by atoms with Gasteiger partial charge in [-0.3, -0.25) is 0 Å². The Morgan fingerprint density at radius 3 is 2.29 bits per heavy atom. The van der Waals surface area contributed by atoms with Crippen molar-refractivity contribution >= 4 is 11.8 Å². The van der Waals surface area contributed by atoms with E-state index < -0.39 is 0 Å². The van der Waals surface area contributed by atoms with E-state index in [9.17, 15) is 4.39 Å². The lowest BCUT2D eigenvalue weighted by Crippen LogP contribution is -1.99. The molecule has 0 bridgehead atoms. The Balaban J connectivity index is 2.08. The molecule has 0 spiro atoms. The molecule has 0 unspecified atom stereocenters. The quantitative estimate of drug-likeness (QED) is 0.652. The van der Waals surface area contributed by atoms with E-state index in [0.717, 1.165) is 22.6 Å². The first-order valence-electron chi connectivity index (χ1n) is 6.64. The second-order valence-corrected chi connectivity index (χ2v) is 5.67. The molecule has 4 heteroatoms. The van der Waals surface area contributed by atoms with Gasteiger partial charge in [0.25, 0.3) is 0 Å². The Hall–Kier alpha value is -2.07. The topological polar surface area (TPSA) is 17.8 Å². The monoisotopic (exact) mass is 298 g/mol. The maximum atomic E-state index is 13.1. The highest BCUT2D eigenvalue weighted by molar-refractivity contribution is 7.98. The van der Waals surface area contributed by atoms with E-state index in [-0.39, 0.29) is 5.82 Å². The van der Waals surface area contributed by atoms with Crippen molar-refractivity contribution < 1.29 is 4.39 Å². The van der Waals surface area contributed by atoms with Crippen LogP contribution in [0.2, 0.25) is 0 Å². The average molecular weight is 298 g/mol. The number of aryl methyl sites for hydroxylation is 1. The van der Waals surface area contributed by atoms with Crippen LogP contribution in [-0.4, -0.2) is 16.0 Å². The standard InChI is InChI=1S/C17H15FN2S/c1-12-11-17(13-3-9-16(21-2)10-4-13)20(19-12)15-7-5-14(18)6-8-15/h3-11H,1-2H3. The fourth-order valence-electron chi connectivity index (χ4n) is 2.25. The van der Waals surface area contributed by atoms with Gasteiger partial charge in [0, 0.05) is 10.5 Å². The number of aromatic nitrogens is 2. The molecule has 3 rings (SSSR count). The summed E-state index contributed by atoms with van der Waals surface area (Å²) >= 11 is 1.72. The normalized spacial score (nSPS) is 10.8. The van der Waals surface area contributed by atoms with Gasteiger partial charge in [-0.15, -0.1) is 11.8 Å². The van der Waals surface area contributed by atoms with Crippen molar-refractivity contribution in [2.45, 2.75) is 11.8 Å². The van der Waals surface area contributed by atoms with Crippen LogP contribution in [0, 0.1) is 12.7 Å². The van der Waals surface area contributed by atoms with E-state index in [2.05, 4.69) is 35.6 Å². The van der Waals surface area contributed by atoms with E-state index in [4.69, 9.17) is 0 Å². The van der Waals surface area contributed by atoms with Crippen LogP contribution < -0.4 is 0 Å². The summed E-state index contributed by atoms with van der Waals surface area (Å²) in [5, 5.41) is 4.52. The van der Waals surface area contributed by atoms with Crippen LogP contribution in [0.5, 0.6) is 0 Å². The lowest BCUT2D eigenvalue weighted by Gasteiger charge is -2.08. The molecular formula is C17H15FN2S. The third kappa shape index (κ3) is 2.85. The lowest BCUT2D eigenvalue weighted by atomic mass is 10.1. The van der Waals surface area contributed by atoms with Crippen molar-refractivity contribution in [3.05, 3.63) is 66.1 Å². The van der Waals surface area contributed by atoms with Crippen molar-refractivity contribution in [2.75, 3.05) is 6.26 Å². The van der Waals surface area contributed by atoms with Crippen LogP contribution in [0.1, 0.15) is 5.69 Å². The van der Waals surface area contributed by atoms with Crippen molar-refractivity contribution in [2.24, 2.45) is 0 Å². The minimum atomic E-state index is -0.242. The van der Waals surface area contributed by atoms with Crippen LogP contribution in [-0.2, 0) is 0 Å². The number of hydrogen-bond acceptors (Lipinski definition) is 2. The molecule has 1 heterocycles. The Morgan fingerprint density at radius 1 is 1.00 bits per heavy atom. The maximum Gasteiger partial charge on any atom is 0.123 e. The fraction of sp³-hybridized carbons (Fsp3) is 0.118. The molecule has 0 aliphatic heterocycles. The summed E-state index contributed by atoms with van der Waals surface area (Å²) in [6.07, 6.45) is 2.06. The molecule has 21 heavy (non-hydrogen) atoms. The number of thioether (sulfide) groups is 1. The van der Waals surface area contributed by atoms with Crippen molar-refractivity contribution in [3.63, 3.8) is 0 Å². The van der Waals surface area contributed by atoms with Gasteiger partial charge in [-0.05, 0) is 55.6 Å². The third-order valence-corrected chi connectivity index (χ3v) is 4.03. The van der Waals surface area contributed by atoms with Crippen LogP contribution in [0.4, 0.5) is 4.39 Å². The Kier molecular flexibility index (Phi) is 3.80. The summed E-state index contributed by atoms with van der Waals surface area (Å²) < 4.78 is 14.9. The molecule has 1 aromatic heterocycles. The van der Waals surface area contributed by atoms with Gasteiger partial charge >= 0.3 is 0 Å². The highest BCUT2D eigenvalue weighted by Crippen LogP contribution is 2.26. The average Bonchev–Trinajstić information content (AvgIpc) is 2.90. The highest BCUT2D eigenvalue weighted by atomic mass is 32.2. The van der Waals surface area contributed by atoms with Crippen molar-refractivity contribution in [3.8, 4) is 16.9 Å². The van der Waals surface area contributed by atoms with Gasteiger partial charge in [0.1, 0.15) is 5.82 Å². The second kappa shape index (κ2) is 5.74. The predicted molar refractivity (Wildman–Crippen MR) is 85.5 cm³/mol. The summed E-state index contributed by atoms with van der Waals surface area (Å²) in [6.45, 7) is 1.96. The Bertz CT molecular complexity index is 745. The number of rotatable bonds is 3. The van der Waals surface area contributed by atoms with Gasteiger partial charge in [0.15, 0.2) is 0 Å². The molecule has 2 nitrogen and oxygen atoms in total. The predicted octanol–water partition coefficient (Wildman–Crippen LogP) is 4.71. The van der Waals surface area contributed by atoms with Gasteiger partial charge in [-0.25, -0.2) is 9.07 Å². The Labute approximate surface area is 127 Å². The van der Waals surface area contributed by atoms with E-state index in [1.54, 1.807) is 23.9 Å². The molecule has 0 atom stereocenters. The van der Waals surface area contributed by atoms with E-state index >= 15 is 0 Å². The molecule has 0 saturated carbocycles. The highest BCUT2D eigenvalue weighted by Gasteiger charge is 2.10. The first-order valence-corrected chi connectivity index (χ1v) is 7.87. The second-order valence-electron chi connectivity index (χ2n) is 4.79. The summed E-state index contributed by atoms with van der Waals surface area (Å²) in [6, 6.07) is 16.8. The summed E-state index contributed by atoms with van der Waals surface area (Å²) in [7, 11) is 0. The minimum absolute atomic E-state index is 0.242. The van der Waals surface area contributed by atoms with E-state index in [1.807, 2.05) is 17.7 Å². The molecule has 2 aromatic carbocycles. The molecular weight excluding hydrogens is 283 g/mol. The van der Waals surface area contributed by atoms with Gasteiger partial charge in [-0.1, -0.05) is 12.1 Å². The van der Waals surface area contributed by atoms with Crippen LogP contribution in [0.25, 0.3) is 16.9 Å². The zero-order valence-corrected chi connectivity index (χ0v) is 12.7. The molecule has 0 fully saturated rings. The number of nitrogens with zero attached hydrogens (tertiary/aromatic N) is 2. The molecule has 3 aromatic rings. The molecule has 0 N–H and O–H groups in total. The molecule has 0 saturated heterocycles. The third-order valence-electron chi connectivity index (χ3n) is 3.29. The fourth-order valence-corrected chi connectivity index (χ4v) is 2.65. The number of halogens is 1. The zero-order chi connectivity index (χ0) is 14.8. The maximum absolute atomic E-state index is 13.1. The molecule has 106 valence electrons. The van der Waals surface area contributed by atoms with Crippen LogP contribution in [0.15, 0.2) is 59.5 Å². The lowest BCUT2D eigenvalue weighted by molar-refractivity contribution is 0.627. The largest absolute Gasteiger partial charge is 0.233 e. The first-order chi connectivity index (χ1) is 10.2. The van der Waals surface area contributed by atoms with Crippen LogP contribution >= 0.6 is 11.8 Å².